The molecule has 2 rings (SSSR count). The molecular weight excluding hydrogens is 236 g/mol. The molecule has 0 aromatic heterocycles. The molecule has 0 radical (unpaired) electrons. The summed E-state index contributed by atoms with van der Waals surface area (Å²) in [4.78, 5) is 0. The van der Waals surface area contributed by atoms with Crippen molar-refractivity contribution in [2.75, 3.05) is 0 Å². The highest BCUT2D eigenvalue weighted by Crippen LogP contribution is 2.21. The van der Waals surface area contributed by atoms with E-state index in [0.29, 0.717) is 13.0 Å². The molecule has 0 aliphatic carbocycles. The second-order valence-corrected chi connectivity index (χ2v) is 4.93. The zero-order chi connectivity index (χ0) is 13.7. The van der Waals surface area contributed by atoms with Gasteiger partial charge in [0.25, 0.3) is 0 Å². The van der Waals surface area contributed by atoms with E-state index in [2.05, 4.69) is 12.1 Å². The largest absolute Gasteiger partial charge is 0.489 e. The summed E-state index contributed by atoms with van der Waals surface area (Å²) in [6, 6.07) is 16.2. The lowest BCUT2D eigenvalue weighted by atomic mass is 10.1. The second kappa shape index (κ2) is 6.39. The van der Waals surface area contributed by atoms with Crippen LogP contribution in [-0.4, -0.2) is 11.2 Å². The lowest BCUT2D eigenvalue weighted by Crippen LogP contribution is -2.05. The molecule has 2 heteroatoms. The van der Waals surface area contributed by atoms with E-state index >= 15 is 0 Å². The van der Waals surface area contributed by atoms with Crippen LogP contribution in [0.25, 0.3) is 0 Å². The van der Waals surface area contributed by atoms with Gasteiger partial charge in [-0.2, -0.15) is 0 Å². The third kappa shape index (κ3) is 4.11. The molecule has 0 aliphatic rings. The number of aryl methyl sites for hydroxylation is 1. The van der Waals surface area contributed by atoms with Crippen LogP contribution in [0.4, 0.5) is 0 Å². The number of rotatable bonds is 5. The molecule has 0 bridgehead atoms. The first kappa shape index (κ1) is 13.6. The smallest absolute Gasteiger partial charge is 0.122 e. The highest BCUT2D eigenvalue weighted by atomic mass is 16.5. The van der Waals surface area contributed by atoms with Crippen LogP contribution in [0, 0.1) is 6.92 Å². The molecule has 0 saturated heterocycles. The summed E-state index contributed by atoms with van der Waals surface area (Å²) in [6.07, 6.45) is 0.326. The van der Waals surface area contributed by atoms with Crippen molar-refractivity contribution in [3.05, 3.63) is 65.2 Å². The fourth-order valence-electron chi connectivity index (χ4n) is 2.00. The molecule has 0 spiro atoms. The number of aliphatic hydroxyl groups is 1. The van der Waals surface area contributed by atoms with Gasteiger partial charge in [-0.1, -0.05) is 42.5 Å². The van der Waals surface area contributed by atoms with Gasteiger partial charge in [-0.15, -0.1) is 0 Å². The van der Waals surface area contributed by atoms with E-state index in [1.807, 2.05) is 43.3 Å². The summed E-state index contributed by atoms with van der Waals surface area (Å²) in [7, 11) is 0. The molecule has 2 nitrogen and oxygen atoms in total. The van der Waals surface area contributed by atoms with Crippen LogP contribution >= 0.6 is 0 Å². The van der Waals surface area contributed by atoms with E-state index in [-0.39, 0.29) is 6.10 Å². The lowest BCUT2D eigenvalue weighted by molar-refractivity contribution is 0.195. The van der Waals surface area contributed by atoms with Gasteiger partial charge in [0.1, 0.15) is 12.4 Å². The minimum absolute atomic E-state index is 0.329. The van der Waals surface area contributed by atoms with Crippen LogP contribution in [0.3, 0.4) is 0 Å². The summed E-state index contributed by atoms with van der Waals surface area (Å²) in [5.41, 5.74) is 3.37. The summed E-state index contributed by atoms with van der Waals surface area (Å²) in [5, 5.41) is 9.43. The molecule has 0 heterocycles. The van der Waals surface area contributed by atoms with Crippen LogP contribution in [0.5, 0.6) is 5.75 Å². The van der Waals surface area contributed by atoms with Crippen molar-refractivity contribution >= 4 is 0 Å². The van der Waals surface area contributed by atoms with E-state index < -0.39 is 0 Å². The first-order chi connectivity index (χ1) is 9.15. The minimum Gasteiger partial charge on any atom is -0.489 e. The summed E-state index contributed by atoms with van der Waals surface area (Å²) < 4.78 is 5.86. The van der Waals surface area contributed by atoms with E-state index in [1.165, 1.54) is 0 Å². The molecule has 2 aromatic rings. The molecule has 1 unspecified atom stereocenters. The maximum Gasteiger partial charge on any atom is 0.122 e. The minimum atomic E-state index is -0.329. The number of hydrogen-bond acceptors (Lipinski definition) is 2. The Bertz CT molecular complexity index is 518. The van der Waals surface area contributed by atoms with Gasteiger partial charge in [0, 0.05) is 0 Å². The zero-order valence-electron chi connectivity index (χ0n) is 11.5. The topological polar surface area (TPSA) is 29.5 Å². The van der Waals surface area contributed by atoms with Crippen LogP contribution in [0.15, 0.2) is 48.5 Å². The maximum atomic E-state index is 9.43. The van der Waals surface area contributed by atoms with Crippen molar-refractivity contribution < 1.29 is 9.84 Å². The quantitative estimate of drug-likeness (QED) is 0.887. The van der Waals surface area contributed by atoms with Crippen molar-refractivity contribution in [2.45, 2.75) is 33.0 Å². The molecule has 0 amide bonds. The number of ether oxygens (including phenoxy) is 1. The van der Waals surface area contributed by atoms with E-state index in [1.54, 1.807) is 6.92 Å². The lowest BCUT2D eigenvalue weighted by Gasteiger charge is -2.12. The average molecular weight is 256 g/mol. The fourth-order valence-corrected chi connectivity index (χ4v) is 2.00. The normalized spacial score (nSPS) is 12.2. The van der Waals surface area contributed by atoms with Crippen molar-refractivity contribution in [1.82, 2.24) is 0 Å². The van der Waals surface area contributed by atoms with Crippen molar-refractivity contribution in [3.8, 4) is 5.75 Å². The summed E-state index contributed by atoms with van der Waals surface area (Å²) in [5.74, 6) is 0.891. The molecule has 1 atom stereocenters. The van der Waals surface area contributed by atoms with Crippen molar-refractivity contribution in [1.29, 1.82) is 0 Å². The van der Waals surface area contributed by atoms with Gasteiger partial charge in [0.2, 0.25) is 0 Å². The van der Waals surface area contributed by atoms with Gasteiger partial charge in [0.15, 0.2) is 0 Å². The Morgan fingerprint density at radius 2 is 1.79 bits per heavy atom. The molecule has 2 aromatic carbocycles. The Kier molecular flexibility index (Phi) is 4.58. The molecule has 19 heavy (non-hydrogen) atoms. The number of aliphatic hydroxyl groups excluding tert-OH is 1. The Labute approximate surface area is 114 Å². The Hall–Kier alpha value is -1.80. The van der Waals surface area contributed by atoms with Gasteiger partial charge in [-0.25, -0.2) is 0 Å². The third-order valence-electron chi connectivity index (χ3n) is 3.02. The number of hydrogen-bond donors (Lipinski definition) is 1. The van der Waals surface area contributed by atoms with Crippen LogP contribution in [0.1, 0.15) is 23.6 Å². The van der Waals surface area contributed by atoms with Gasteiger partial charge < -0.3 is 9.84 Å². The molecular formula is C17H20O2. The van der Waals surface area contributed by atoms with E-state index in [4.69, 9.17) is 4.74 Å². The predicted octanol–water partition coefficient (Wildman–Crippen LogP) is 3.50. The van der Waals surface area contributed by atoms with Crippen LogP contribution in [0.2, 0.25) is 0 Å². The van der Waals surface area contributed by atoms with Gasteiger partial charge >= 0.3 is 0 Å². The Morgan fingerprint density at radius 1 is 1.05 bits per heavy atom. The first-order valence-electron chi connectivity index (χ1n) is 6.59. The third-order valence-corrected chi connectivity index (χ3v) is 3.02. The molecule has 0 aliphatic heterocycles. The highest BCUT2D eigenvalue weighted by Gasteiger charge is 2.04. The van der Waals surface area contributed by atoms with E-state index in [0.717, 1.165) is 22.4 Å². The molecule has 1 N–H and O–H groups in total. The highest BCUT2D eigenvalue weighted by molar-refractivity contribution is 5.37. The predicted molar refractivity (Wildman–Crippen MR) is 77.3 cm³/mol. The Balaban J connectivity index is 2.06. The van der Waals surface area contributed by atoms with Gasteiger partial charge in [0.05, 0.1) is 6.10 Å². The fraction of sp³-hybridized carbons (Fsp3) is 0.294. The van der Waals surface area contributed by atoms with Gasteiger partial charge in [-0.05, 0) is 43.0 Å². The van der Waals surface area contributed by atoms with Gasteiger partial charge in [-0.3, -0.25) is 0 Å². The first-order valence-corrected chi connectivity index (χ1v) is 6.59. The van der Waals surface area contributed by atoms with Crippen molar-refractivity contribution in [2.24, 2.45) is 0 Å². The number of benzene rings is 2. The maximum absolute atomic E-state index is 9.43. The van der Waals surface area contributed by atoms with Crippen molar-refractivity contribution in [3.63, 3.8) is 0 Å². The van der Waals surface area contributed by atoms with Crippen LogP contribution < -0.4 is 4.74 Å². The summed E-state index contributed by atoms with van der Waals surface area (Å²) >= 11 is 0. The van der Waals surface area contributed by atoms with Crippen LogP contribution in [-0.2, 0) is 13.0 Å². The summed E-state index contributed by atoms with van der Waals surface area (Å²) in [6.45, 7) is 4.40. The monoisotopic (exact) mass is 256 g/mol. The molecule has 0 fully saturated rings. The zero-order valence-corrected chi connectivity index (χ0v) is 11.5. The average Bonchev–Trinajstić information content (AvgIpc) is 2.40. The van der Waals surface area contributed by atoms with E-state index in [9.17, 15) is 5.11 Å². The molecule has 100 valence electrons. The molecule has 0 saturated carbocycles. The SMILES string of the molecule is Cc1ccc(CC(C)O)cc1OCc1ccccc1. The second-order valence-electron chi connectivity index (χ2n) is 4.93. The Morgan fingerprint density at radius 3 is 2.47 bits per heavy atom. The standard InChI is InChI=1S/C17H20O2/c1-13-8-9-16(10-14(2)18)11-17(13)19-12-15-6-4-3-5-7-15/h3-9,11,14,18H,10,12H2,1-2H3.